The van der Waals surface area contributed by atoms with Crippen LogP contribution in [0, 0.1) is 13.3 Å². The van der Waals surface area contributed by atoms with Gasteiger partial charge in [-0.15, -0.1) is 0 Å². The van der Waals surface area contributed by atoms with Crippen molar-refractivity contribution >= 4 is 10.0 Å². The summed E-state index contributed by atoms with van der Waals surface area (Å²) < 4.78 is 25.7. The molecule has 0 atom stereocenters. The van der Waals surface area contributed by atoms with Crippen LogP contribution in [-0.4, -0.2) is 30.9 Å². The molecule has 87 valence electrons. The Bertz CT molecular complexity index is 490. The fourth-order valence-corrected chi connectivity index (χ4v) is 3.23. The molecule has 4 nitrogen and oxygen atoms in total. The van der Waals surface area contributed by atoms with Crippen molar-refractivity contribution in [3.8, 4) is 5.75 Å². The molecule has 2 rings (SSSR count). The van der Waals surface area contributed by atoms with Crippen molar-refractivity contribution in [2.45, 2.75) is 18.2 Å². The molecule has 1 fully saturated rings. The Hall–Kier alpha value is -1.07. The van der Waals surface area contributed by atoms with E-state index in [1.54, 1.807) is 6.92 Å². The van der Waals surface area contributed by atoms with Crippen molar-refractivity contribution < 1.29 is 13.5 Å². The van der Waals surface area contributed by atoms with Crippen LogP contribution in [-0.2, 0) is 10.0 Å². The molecule has 5 heteroatoms. The van der Waals surface area contributed by atoms with E-state index in [2.05, 4.69) is 0 Å². The number of hydrogen-bond donors (Lipinski definition) is 1. The van der Waals surface area contributed by atoms with Gasteiger partial charge in [0, 0.05) is 13.1 Å². The fraction of sp³-hybridized carbons (Fsp3) is 0.364. The highest BCUT2D eigenvalue weighted by molar-refractivity contribution is 7.89. The molecule has 0 amide bonds. The Kier molecular flexibility index (Phi) is 2.90. The zero-order valence-electron chi connectivity index (χ0n) is 9.05. The average Bonchev–Trinajstić information content (AvgIpc) is 2.75. The van der Waals surface area contributed by atoms with Crippen LogP contribution >= 0.6 is 0 Å². The lowest BCUT2D eigenvalue weighted by Gasteiger charge is -2.15. The first kappa shape index (κ1) is 11.4. The number of rotatable bonds is 2. The van der Waals surface area contributed by atoms with Crippen molar-refractivity contribution in [1.29, 1.82) is 0 Å². The molecule has 0 saturated carbocycles. The summed E-state index contributed by atoms with van der Waals surface area (Å²) in [6.07, 6.45) is 2.75. The minimum Gasteiger partial charge on any atom is -0.508 e. The molecule has 0 aromatic heterocycles. The van der Waals surface area contributed by atoms with Crippen LogP contribution < -0.4 is 0 Å². The lowest BCUT2D eigenvalue weighted by atomic mass is 10.2. The van der Waals surface area contributed by atoms with Crippen LogP contribution in [0.2, 0.25) is 0 Å². The van der Waals surface area contributed by atoms with Crippen LogP contribution in [0.5, 0.6) is 5.75 Å². The quantitative estimate of drug-likeness (QED) is 0.847. The number of aromatic hydroxyl groups is 1. The zero-order valence-corrected chi connectivity index (χ0v) is 9.87. The van der Waals surface area contributed by atoms with E-state index in [9.17, 15) is 13.5 Å². The predicted molar refractivity (Wildman–Crippen MR) is 60.5 cm³/mol. The number of hydrogen-bond acceptors (Lipinski definition) is 3. The van der Waals surface area contributed by atoms with Crippen molar-refractivity contribution in [2.75, 3.05) is 13.1 Å². The predicted octanol–water partition coefficient (Wildman–Crippen LogP) is 1.30. The monoisotopic (exact) mass is 240 g/mol. The fourth-order valence-electron chi connectivity index (χ4n) is 1.72. The third-order valence-electron chi connectivity index (χ3n) is 2.72. The number of nitrogens with zero attached hydrogens (tertiary/aromatic N) is 1. The summed E-state index contributed by atoms with van der Waals surface area (Å²) in [6, 6.07) is 4.36. The van der Waals surface area contributed by atoms with E-state index >= 15 is 0 Å². The smallest absolute Gasteiger partial charge is 0.243 e. The second kappa shape index (κ2) is 4.07. The largest absolute Gasteiger partial charge is 0.508 e. The summed E-state index contributed by atoms with van der Waals surface area (Å²) in [4.78, 5) is 0.248. The summed E-state index contributed by atoms with van der Waals surface area (Å²) in [5, 5.41) is 9.36. The summed E-state index contributed by atoms with van der Waals surface area (Å²) in [6.45, 7) is 2.70. The Morgan fingerprint density at radius 3 is 2.69 bits per heavy atom. The van der Waals surface area contributed by atoms with Gasteiger partial charge >= 0.3 is 0 Å². The van der Waals surface area contributed by atoms with Gasteiger partial charge in [-0.25, -0.2) is 8.42 Å². The highest BCUT2D eigenvalue weighted by Gasteiger charge is 2.27. The van der Waals surface area contributed by atoms with Crippen molar-refractivity contribution in [3.63, 3.8) is 0 Å². The molecule has 16 heavy (non-hydrogen) atoms. The van der Waals surface area contributed by atoms with Gasteiger partial charge in [0.05, 0.1) is 4.90 Å². The molecule has 0 unspecified atom stereocenters. The van der Waals surface area contributed by atoms with Gasteiger partial charge in [0.2, 0.25) is 10.0 Å². The number of phenols is 1. The number of benzene rings is 1. The Balaban J connectivity index is 2.39. The Labute approximate surface area is 95.6 Å². The number of sulfonamides is 1. The molecule has 1 heterocycles. The molecule has 1 aliphatic rings. The third-order valence-corrected chi connectivity index (χ3v) is 4.58. The van der Waals surface area contributed by atoms with Gasteiger partial charge in [0.25, 0.3) is 0 Å². The van der Waals surface area contributed by atoms with Crippen LogP contribution in [0.15, 0.2) is 23.1 Å². The van der Waals surface area contributed by atoms with E-state index in [1.807, 2.05) is 6.42 Å². The van der Waals surface area contributed by atoms with Gasteiger partial charge in [-0.05, 0) is 43.5 Å². The maximum absolute atomic E-state index is 12.1. The van der Waals surface area contributed by atoms with Gasteiger partial charge in [-0.2, -0.15) is 4.31 Å². The van der Waals surface area contributed by atoms with Crippen molar-refractivity contribution in [3.05, 3.63) is 30.2 Å². The average molecular weight is 240 g/mol. The zero-order chi connectivity index (χ0) is 11.8. The maximum Gasteiger partial charge on any atom is 0.243 e. The highest BCUT2D eigenvalue weighted by atomic mass is 32.2. The molecular weight excluding hydrogens is 226 g/mol. The second-order valence-corrected chi connectivity index (χ2v) is 5.83. The molecular formula is C11H14NO3S. The van der Waals surface area contributed by atoms with E-state index in [4.69, 9.17) is 0 Å². The van der Waals surface area contributed by atoms with Crippen LogP contribution in [0.25, 0.3) is 0 Å². The first-order valence-corrected chi connectivity index (χ1v) is 6.57. The van der Waals surface area contributed by atoms with E-state index in [0.717, 1.165) is 6.42 Å². The Morgan fingerprint density at radius 2 is 2.12 bits per heavy atom. The minimum absolute atomic E-state index is 0.118. The molecule has 1 aliphatic heterocycles. The Morgan fingerprint density at radius 1 is 1.38 bits per heavy atom. The molecule has 1 aromatic carbocycles. The molecule has 0 bridgehead atoms. The highest BCUT2D eigenvalue weighted by Crippen LogP contribution is 2.24. The number of phenolic OH excluding ortho intramolecular Hbond substituents is 1. The SMILES string of the molecule is Cc1cc(S(=O)(=O)N2C[CH]CC2)ccc1O. The van der Waals surface area contributed by atoms with E-state index < -0.39 is 10.0 Å². The van der Waals surface area contributed by atoms with Gasteiger partial charge in [-0.1, -0.05) is 0 Å². The van der Waals surface area contributed by atoms with Gasteiger partial charge < -0.3 is 5.11 Å². The molecule has 1 saturated heterocycles. The molecule has 0 spiro atoms. The normalized spacial score (nSPS) is 17.8. The van der Waals surface area contributed by atoms with Gasteiger partial charge in [0.1, 0.15) is 5.75 Å². The standard InChI is InChI=1S/C11H14NO3S/c1-9-8-10(4-5-11(9)13)16(14,15)12-6-2-3-7-12/h2,4-5,8,13H,3,6-7H2,1H3. The first-order valence-electron chi connectivity index (χ1n) is 5.13. The second-order valence-electron chi connectivity index (χ2n) is 3.89. The number of aryl methyl sites for hydroxylation is 1. The maximum atomic E-state index is 12.1. The summed E-state index contributed by atoms with van der Waals surface area (Å²) in [5.74, 6) is 0.118. The lowest BCUT2D eigenvalue weighted by molar-refractivity contribution is 0.468. The van der Waals surface area contributed by atoms with E-state index in [0.29, 0.717) is 18.7 Å². The minimum atomic E-state index is -3.39. The van der Waals surface area contributed by atoms with E-state index in [-0.39, 0.29) is 10.6 Å². The molecule has 0 aliphatic carbocycles. The van der Waals surface area contributed by atoms with Crippen LogP contribution in [0.4, 0.5) is 0 Å². The van der Waals surface area contributed by atoms with Crippen LogP contribution in [0.3, 0.4) is 0 Å². The van der Waals surface area contributed by atoms with Crippen LogP contribution in [0.1, 0.15) is 12.0 Å². The van der Waals surface area contributed by atoms with Crippen molar-refractivity contribution in [2.24, 2.45) is 0 Å². The van der Waals surface area contributed by atoms with Gasteiger partial charge in [-0.3, -0.25) is 0 Å². The van der Waals surface area contributed by atoms with Crippen molar-refractivity contribution in [1.82, 2.24) is 4.31 Å². The lowest BCUT2D eigenvalue weighted by Crippen LogP contribution is -2.27. The third kappa shape index (κ3) is 1.92. The summed E-state index contributed by atoms with van der Waals surface area (Å²) in [7, 11) is -3.39. The summed E-state index contributed by atoms with van der Waals surface area (Å²) >= 11 is 0. The van der Waals surface area contributed by atoms with E-state index in [1.165, 1.54) is 22.5 Å². The molecule has 1 N–H and O–H groups in total. The molecule has 1 radical (unpaired) electrons. The molecule has 1 aromatic rings. The van der Waals surface area contributed by atoms with Gasteiger partial charge in [0.15, 0.2) is 0 Å². The first-order chi connectivity index (χ1) is 7.51. The topological polar surface area (TPSA) is 57.6 Å². The summed E-state index contributed by atoms with van der Waals surface area (Å²) in [5.41, 5.74) is 0.573.